The zero-order valence-electron chi connectivity index (χ0n) is 10.4. The third kappa shape index (κ3) is 1.70. The van der Waals surface area contributed by atoms with Crippen LogP contribution < -0.4 is 10.6 Å². The minimum absolute atomic E-state index is 0.403. The molecule has 88 valence electrons. The number of hydrogen-bond acceptors (Lipinski definition) is 3. The number of nitrogens with zero attached hydrogens (tertiary/aromatic N) is 2. The summed E-state index contributed by atoms with van der Waals surface area (Å²) in [6.45, 7) is 4.99. The van der Waals surface area contributed by atoms with Gasteiger partial charge in [0, 0.05) is 38.9 Å². The maximum absolute atomic E-state index is 5.89. The van der Waals surface area contributed by atoms with Crippen LogP contribution in [-0.4, -0.2) is 32.1 Å². The highest BCUT2D eigenvalue weighted by molar-refractivity contribution is 5.58. The van der Waals surface area contributed by atoms with Gasteiger partial charge in [0.2, 0.25) is 0 Å². The van der Waals surface area contributed by atoms with Crippen molar-refractivity contribution in [2.45, 2.75) is 19.5 Å². The average molecular weight is 219 g/mol. The molecule has 1 atom stereocenters. The summed E-state index contributed by atoms with van der Waals surface area (Å²) in [4.78, 5) is 4.63. The molecule has 1 aliphatic heterocycles. The van der Waals surface area contributed by atoms with Crippen molar-refractivity contribution in [3.63, 3.8) is 0 Å². The fraction of sp³-hybridized carbons (Fsp3) is 0.538. The molecule has 3 nitrogen and oxygen atoms in total. The number of rotatable bonds is 3. The Hall–Kier alpha value is -1.06. The van der Waals surface area contributed by atoms with Crippen molar-refractivity contribution >= 4 is 5.69 Å². The first-order chi connectivity index (χ1) is 7.69. The Kier molecular flexibility index (Phi) is 3.17. The van der Waals surface area contributed by atoms with E-state index in [0.717, 1.165) is 13.1 Å². The van der Waals surface area contributed by atoms with E-state index in [1.165, 1.54) is 16.8 Å². The van der Waals surface area contributed by atoms with Gasteiger partial charge in [0.05, 0.1) is 0 Å². The first-order valence-electron chi connectivity index (χ1n) is 5.92. The van der Waals surface area contributed by atoms with Crippen molar-refractivity contribution in [3.05, 3.63) is 29.3 Å². The third-order valence-electron chi connectivity index (χ3n) is 3.46. The molecule has 0 saturated heterocycles. The maximum Gasteiger partial charge on any atom is 0.0477 e. The molecular weight excluding hydrogens is 198 g/mol. The van der Waals surface area contributed by atoms with E-state index in [1.807, 2.05) is 0 Å². The van der Waals surface area contributed by atoms with Crippen LogP contribution in [0.2, 0.25) is 0 Å². The first-order valence-corrected chi connectivity index (χ1v) is 5.92. The van der Waals surface area contributed by atoms with Gasteiger partial charge in [-0.3, -0.25) is 4.90 Å². The quantitative estimate of drug-likeness (QED) is 0.838. The molecule has 1 aromatic rings. The van der Waals surface area contributed by atoms with Crippen molar-refractivity contribution < 1.29 is 0 Å². The van der Waals surface area contributed by atoms with Gasteiger partial charge in [0.15, 0.2) is 0 Å². The van der Waals surface area contributed by atoms with Crippen LogP contribution in [0.4, 0.5) is 5.69 Å². The Balaban J connectivity index is 2.44. The molecule has 0 radical (unpaired) electrons. The SMILES string of the molecule is CCN1Cc2c(cccc2N(C)C)C1CN. The summed E-state index contributed by atoms with van der Waals surface area (Å²) in [6.07, 6.45) is 0. The van der Waals surface area contributed by atoms with Gasteiger partial charge < -0.3 is 10.6 Å². The molecule has 2 N–H and O–H groups in total. The van der Waals surface area contributed by atoms with Crippen LogP contribution >= 0.6 is 0 Å². The lowest BCUT2D eigenvalue weighted by Crippen LogP contribution is -2.27. The molecule has 1 heterocycles. The van der Waals surface area contributed by atoms with Crippen LogP contribution in [0.3, 0.4) is 0 Å². The third-order valence-corrected chi connectivity index (χ3v) is 3.46. The van der Waals surface area contributed by atoms with E-state index in [1.54, 1.807) is 0 Å². The molecule has 16 heavy (non-hydrogen) atoms. The van der Waals surface area contributed by atoms with Crippen LogP contribution in [0, 0.1) is 0 Å². The molecule has 0 bridgehead atoms. The molecule has 0 fully saturated rings. The Morgan fingerprint density at radius 3 is 2.75 bits per heavy atom. The van der Waals surface area contributed by atoms with Gasteiger partial charge >= 0.3 is 0 Å². The summed E-state index contributed by atoms with van der Waals surface area (Å²) < 4.78 is 0. The van der Waals surface area contributed by atoms with Crippen LogP contribution in [0.1, 0.15) is 24.1 Å². The van der Waals surface area contributed by atoms with E-state index in [2.05, 4.69) is 49.0 Å². The lowest BCUT2D eigenvalue weighted by atomic mass is 10.0. The summed E-state index contributed by atoms with van der Waals surface area (Å²) in [5.74, 6) is 0. The highest BCUT2D eigenvalue weighted by Crippen LogP contribution is 2.37. The van der Waals surface area contributed by atoms with E-state index < -0.39 is 0 Å². The molecule has 2 rings (SSSR count). The van der Waals surface area contributed by atoms with E-state index in [0.29, 0.717) is 12.6 Å². The predicted molar refractivity (Wildman–Crippen MR) is 68.6 cm³/mol. The van der Waals surface area contributed by atoms with Crippen LogP contribution in [0.5, 0.6) is 0 Å². The smallest absolute Gasteiger partial charge is 0.0477 e. The van der Waals surface area contributed by atoms with E-state index >= 15 is 0 Å². The summed E-state index contributed by atoms with van der Waals surface area (Å²) in [5, 5.41) is 0. The Labute approximate surface area is 97.8 Å². The van der Waals surface area contributed by atoms with Crippen molar-refractivity contribution in [1.82, 2.24) is 4.90 Å². The second-order valence-electron chi connectivity index (χ2n) is 4.55. The van der Waals surface area contributed by atoms with Gasteiger partial charge in [-0.05, 0) is 23.7 Å². The van der Waals surface area contributed by atoms with Gasteiger partial charge in [0.1, 0.15) is 0 Å². The van der Waals surface area contributed by atoms with Gasteiger partial charge in [-0.25, -0.2) is 0 Å². The molecule has 0 aromatic heterocycles. The lowest BCUT2D eigenvalue weighted by Gasteiger charge is -2.21. The van der Waals surface area contributed by atoms with Crippen LogP contribution in [0.15, 0.2) is 18.2 Å². The summed E-state index contributed by atoms with van der Waals surface area (Å²) >= 11 is 0. The molecular formula is C13H21N3. The summed E-state index contributed by atoms with van der Waals surface area (Å²) in [5.41, 5.74) is 10.1. The van der Waals surface area contributed by atoms with E-state index in [-0.39, 0.29) is 0 Å². The highest BCUT2D eigenvalue weighted by Gasteiger charge is 2.29. The number of anilines is 1. The van der Waals surface area contributed by atoms with Gasteiger partial charge in [-0.1, -0.05) is 19.1 Å². The first kappa shape index (κ1) is 11.4. The van der Waals surface area contributed by atoms with E-state index in [4.69, 9.17) is 5.73 Å². The van der Waals surface area contributed by atoms with Crippen molar-refractivity contribution in [2.24, 2.45) is 5.73 Å². The van der Waals surface area contributed by atoms with Gasteiger partial charge in [-0.2, -0.15) is 0 Å². The van der Waals surface area contributed by atoms with Crippen molar-refractivity contribution in [1.29, 1.82) is 0 Å². The monoisotopic (exact) mass is 219 g/mol. The summed E-state index contributed by atoms with van der Waals surface area (Å²) in [6, 6.07) is 6.94. The second kappa shape index (κ2) is 4.44. The fourth-order valence-electron chi connectivity index (χ4n) is 2.61. The van der Waals surface area contributed by atoms with Crippen LogP contribution in [0.25, 0.3) is 0 Å². The van der Waals surface area contributed by atoms with Gasteiger partial charge in [0.25, 0.3) is 0 Å². The Morgan fingerprint density at radius 2 is 2.19 bits per heavy atom. The topological polar surface area (TPSA) is 32.5 Å². The molecule has 3 heteroatoms. The molecule has 0 amide bonds. The van der Waals surface area contributed by atoms with Crippen LogP contribution in [-0.2, 0) is 6.54 Å². The normalized spacial score (nSPS) is 19.9. The molecule has 1 aliphatic rings. The number of likely N-dealkylation sites (N-methyl/N-ethyl adjacent to an activating group) is 1. The number of hydrogen-bond donors (Lipinski definition) is 1. The Bertz CT molecular complexity index is 373. The summed E-state index contributed by atoms with van der Waals surface area (Å²) in [7, 11) is 4.20. The number of nitrogens with two attached hydrogens (primary N) is 1. The zero-order valence-corrected chi connectivity index (χ0v) is 10.4. The maximum atomic E-state index is 5.89. The largest absolute Gasteiger partial charge is 0.377 e. The molecule has 1 aromatic carbocycles. The molecule has 0 spiro atoms. The Morgan fingerprint density at radius 1 is 1.44 bits per heavy atom. The number of fused-ring (bicyclic) bond motifs is 1. The standard InChI is InChI=1S/C13H21N3/c1-4-16-9-11-10(13(16)8-14)6-5-7-12(11)15(2)3/h5-7,13H,4,8-9,14H2,1-3H3. The minimum Gasteiger partial charge on any atom is -0.377 e. The van der Waals surface area contributed by atoms with Crippen molar-refractivity contribution in [2.75, 3.05) is 32.1 Å². The zero-order chi connectivity index (χ0) is 11.7. The minimum atomic E-state index is 0.403. The highest BCUT2D eigenvalue weighted by atomic mass is 15.2. The average Bonchev–Trinajstić information content (AvgIpc) is 2.65. The predicted octanol–water partition coefficient (Wildman–Crippen LogP) is 1.59. The van der Waals surface area contributed by atoms with Gasteiger partial charge in [-0.15, -0.1) is 0 Å². The van der Waals surface area contributed by atoms with E-state index in [9.17, 15) is 0 Å². The second-order valence-corrected chi connectivity index (χ2v) is 4.55. The van der Waals surface area contributed by atoms with Crippen molar-refractivity contribution in [3.8, 4) is 0 Å². The number of benzene rings is 1. The molecule has 0 saturated carbocycles. The lowest BCUT2D eigenvalue weighted by molar-refractivity contribution is 0.232. The fourth-order valence-corrected chi connectivity index (χ4v) is 2.61. The molecule has 0 aliphatic carbocycles. The molecule has 1 unspecified atom stereocenters.